The fraction of sp³-hybridized carbons (Fsp3) is 0.211. The highest BCUT2D eigenvalue weighted by Gasteiger charge is 2.18. The number of hydrogen-bond donors (Lipinski definition) is 0. The number of aryl methyl sites for hydroxylation is 1. The highest BCUT2D eigenvalue weighted by atomic mass is 79.9. The molecule has 2 aromatic carbocycles. The van der Waals surface area contributed by atoms with Gasteiger partial charge in [0.25, 0.3) is 10.1 Å². The summed E-state index contributed by atoms with van der Waals surface area (Å²) >= 11 is 3.42. The summed E-state index contributed by atoms with van der Waals surface area (Å²) in [7, 11) is -2.39. The first-order valence-corrected chi connectivity index (χ1v) is 10.3. The minimum Gasteiger partial charge on any atom is -0.466 e. The maximum Gasteiger partial charge on any atom is 0.297 e. The molecule has 1 aromatic heterocycles. The fourth-order valence-corrected chi connectivity index (χ4v) is 3.74. The molecule has 142 valence electrons. The van der Waals surface area contributed by atoms with E-state index >= 15 is 0 Å². The van der Waals surface area contributed by atoms with Crippen LogP contribution in [0.1, 0.15) is 11.1 Å². The SMILES string of the molecule is COCOc1c(COS(=O)(=O)c2ccc(C)cc2)cnc2ccc(Br)cc12. The maximum atomic E-state index is 12.4. The minimum absolute atomic E-state index is 0.0172. The Kier molecular flexibility index (Phi) is 6.11. The van der Waals surface area contributed by atoms with Crippen molar-refractivity contribution in [3.8, 4) is 5.75 Å². The van der Waals surface area contributed by atoms with Crippen LogP contribution < -0.4 is 4.74 Å². The molecular formula is C19H18BrNO5S. The lowest BCUT2D eigenvalue weighted by atomic mass is 10.1. The van der Waals surface area contributed by atoms with Crippen LogP contribution in [0.2, 0.25) is 0 Å². The van der Waals surface area contributed by atoms with Gasteiger partial charge in [0.05, 0.1) is 17.0 Å². The first-order chi connectivity index (χ1) is 12.9. The van der Waals surface area contributed by atoms with Gasteiger partial charge in [0.15, 0.2) is 6.79 Å². The number of benzene rings is 2. The molecule has 0 aliphatic carbocycles. The number of fused-ring (bicyclic) bond motifs is 1. The van der Waals surface area contributed by atoms with Crippen molar-refractivity contribution in [3.05, 3.63) is 64.3 Å². The van der Waals surface area contributed by atoms with Gasteiger partial charge in [0.2, 0.25) is 0 Å². The van der Waals surface area contributed by atoms with Crippen LogP contribution in [-0.2, 0) is 25.6 Å². The van der Waals surface area contributed by atoms with Crippen molar-refractivity contribution in [1.29, 1.82) is 0 Å². The van der Waals surface area contributed by atoms with E-state index in [2.05, 4.69) is 20.9 Å². The Labute approximate surface area is 166 Å². The number of ether oxygens (including phenoxy) is 2. The van der Waals surface area contributed by atoms with E-state index in [1.54, 1.807) is 18.3 Å². The van der Waals surface area contributed by atoms with Gasteiger partial charge >= 0.3 is 0 Å². The molecule has 3 aromatic rings. The predicted octanol–water partition coefficient (Wildman–Crippen LogP) is 4.19. The molecular weight excluding hydrogens is 434 g/mol. The molecule has 0 spiro atoms. The van der Waals surface area contributed by atoms with Crippen LogP contribution in [0.15, 0.2) is 58.0 Å². The van der Waals surface area contributed by atoms with Crippen molar-refractivity contribution in [2.45, 2.75) is 18.4 Å². The van der Waals surface area contributed by atoms with E-state index in [0.717, 1.165) is 20.9 Å². The molecule has 8 heteroatoms. The lowest BCUT2D eigenvalue weighted by molar-refractivity contribution is 0.0508. The van der Waals surface area contributed by atoms with Gasteiger partial charge in [-0.1, -0.05) is 33.6 Å². The summed E-state index contributed by atoms with van der Waals surface area (Å²) in [6, 6.07) is 12.0. The third-order valence-electron chi connectivity index (χ3n) is 3.85. The maximum absolute atomic E-state index is 12.4. The number of nitrogens with zero attached hydrogens (tertiary/aromatic N) is 1. The van der Waals surface area contributed by atoms with Crippen molar-refractivity contribution in [3.63, 3.8) is 0 Å². The molecule has 1 heterocycles. The van der Waals surface area contributed by atoms with E-state index in [9.17, 15) is 8.42 Å². The van der Waals surface area contributed by atoms with Gasteiger partial charge in [-0.3, -0.25) is 9.17 Å². The highest BCUT2D eigenvalue weighted by Crippen LogP contribution is 2.32. The Balaban J connectivity index is 1.92. The number of halogens is 1. The molecule has 0 unspecified atom stereocenters. The fourth-order valence-electron chi connectivity index (χ4n) is 2.49. The lowest BCUT2D eigenvalue weighted by Gasteiger charge is -2.14. The van der Waals surface area contributed by atoms with E-state index < -0.39 is 10.1 Å². The summed E-state index contributed by atoms with van der Waals surface area (Å²) in [5, 5.41) is 0.732. The zero-order chi connectivity index (χ0) is 19.4. The van der Waals surface area contributed by atoms with Gasteiger partial charge in [-0.05, 0) is 37.3 Å². The van der Waals surface area contributed by atoms with Gasteiger partial charge in [-0.2, -0.15) is 8.42 Å². The monoisotopic (exact) mass is 451 g/mol. The van der Waals surface area contributed by atoms with Gasteiger partial charge in [-0.15, -0.1) is 0 Å². The van der Waals surface area contributed by atoms with Crippen LogP contribution in [-0.4, -0.2) is 27.3 Å². The van der Waals surface area contributed by atoms with Crippen molar-refractivity contribution < 1.29 is 22.1 Å². The highest BCUT2D eigenvalue weighted by molar-refractivity contribution is 9.10. The summed E-state index contributed by atoms with van der Waals surface area (Å²) in [5.41, 5.74) is 2.19. The number of hydrogen-bond acceptors (Lipinski definition) is 6. The smallest absolute Gasteiger partial charge is 0.297 e. The second kappa shape index (κ2) is 8.35. The molecule has 0 aliphatic rings. The zero-order valence-corrected chi connectivity index (χ0v) is 17.2. The van der Waals surface area contributed by atoms with Gasteiger partial charge in [-0.25, -0.2) is 0 Å². The van der Waals surface area contributed by atoms with Crippen molar-refractivity contribution in [2.24, 2.45) is 0 Å². The minimum atomic E-state index is -3.90. The quantitative estimate of drug-likeness (QED) is 0.395. The van der Waals surface area contributed by atoms with Crippen molar-refractivity contribution in [2.75, 3.05) is 13.9 Å². The Hall–Kier alpha value is -2.00. The normalized spacial score (nSPS) is 11.7. The zero-order valence-electron chi connectivity index (χ0n) is 14.8. The van der Waals surface area contributed by atoms with E-state index in [0.29, 0.717) is 11.3 Å². The second-order valence-electron chi connectivity index (χ2n) is 5.85. The predicted molar refractivity (Wildman–Crippen MR) is 105 cm³/mol. The Morgan fingerprint density at radius 3 is 2.56 bits per heavy atom. The van der Waals surface area contributed by atoms with Crippen molar-refractivity contribution >= 4 is 37.0 Å². The Bertz CT molecular complexity index is 1050. The van der Waals surface area contributed by atoms with Crippen LogP contribution in [0, 0.1) is 6.92 Å². The standard InChI is InChI=1S/C19H18BrNO5S/c1-13-3-6-16(7-4-13)27(22,23)26-11-14-10-21-18-8-5-15(20)9-17(18)19(14)25-12-24-2/h3-10H,11-12H2,1-2H3. The summed E-state index contributed by atoms with van der Waals surface area (Å²) in [6.07, 6.45) is 1.55. The first-order valence-electron chi connectivity index (χ1n) is 8.05. The van der Waals surface area contributed by atoms with Crippen LogP contribution >= 0.6 is 15.9 Å². The molecule has 0 radical (unpaired) electrons. The Morgan fingerprint density at radius 1 is 1.11 bits per heavy atom. The molecule has 0 aliphatic heterocycles. The molecule has 0 atom stereocenters. The molecule has 6 nitrogen and oxygen atoms in total. The molecule has 0 bridgehead atoms. The molecule has 0 amide bonds. The van der Waals surface area contributed by atoms with Gasteiger partial charge in [0.1, 0.15) is 5.75 Å². The summed E-state index contributed by atoms with van der Waals surface area (Å²) in [5.74, 6) is 0.474. The Morgan fingerprint density at radius 2 is 1.85 bits per heavy atom. The average Bonchev–Trinajstić information content (AvgIpc) is 2.65. The number of pyridine rings is 1. The van der Waals surface area contributed by atoms with E-state index in [1.165, 1.54) is 19.2 Å². The summed E-state index contributed by atoms with van der Waals surface area (Å²) in [6.45, 7) is 1.70. The molecule has 0 fully saturated rings. The molecule has 0 saturated carbocycles. The molecule has 0 saturated heterocycles. The number of aromatic nitrogens is 1. The van der Waals surface area contributed by atoms with Crippen molar-refractivity contribution in [1.82, 2.24) is 4.98 Å². The van der Waals surface area contributed by atoms with Gasteiger partial charge in [0, 0.05) is 28.7 Å². The summed E-state index contributed by atoms with van der Waals surface area (Å²) in [4.78, 5) is 4.46. The van der Waals surface area contributed by atoms with Crippen LogP contribution in [0.4, 0.5) is 0 Å². The number of methoxy groups -OCH3 is 1. The van der Waals surface area contributed by atoms with Crippen LogP contribution in [0.3, 0.4) is 0 Å². The molecule has 3 rings (SSSR count). The van der Waals surface area contributed by atoms with Crippen LogP contribution in [0.5, 0.6) is 5.75 Å². The van der Waals surface area contributed by atoms with E-state index in [-0.39, 0.29) is 18.3 Å². The third kappa shape index (κ3) is 4.65. The third-order valence-corrected chi connectivity index (χ3v) is 5.63. The van der Waals surface area contributed by atoms with E-state index in [4.69, 9.17) is 13.7 Å². The molecule has 0 N–H and O–H groups in total. The first kappa shape index (κ1) is 19.8. The summed E-state index contributed by atoms with van der Waals surface area (Å²) < 4.78 is 41.7. The van der Waals surface area contributed by atoms with Crippen LogP contribution in [0.25, 0.3) is 10.9 Å². The lowest BCUT2D eigenvalue weighted by Crippen LogP contribution is -2.09. The van der Waals surface area contributed by atoms with Gasteiger partial charge < -0.3 is 9.47 Å². The second-order valence-corrected chi connectivity index (χ2v) is 8.39. The number of rotatable bonds is 7. The topological polar surface area (TPSA) is 74.7 Å². The molecule has 27 heavy (non-hydrogen) atoms. The largest absolute Gasteiger partial charge is 0.466 e. The van der Waals surface area contributed by atoms with E-state index in [1.807, 2.05) is 25.1 Å². The average molecular weight is 452 g/mol.